The second-order valence-electron chi connectivity index (χ2n) is 10.9. The summed E-state index contributed by atoms with van der Waals surface area (Å²) in [6, 6.07) is 9.62. The largest absolute Gasteiger partial charge is 0.488 e. The predicted octanol–water partition coefficient (Wildman–Crippen LogP) is 6.20. The second kappa shape index (κ2) is 12.5. The van der Waals surface area contributed by atoms with Crippen LogP contribution in [0.5, 0.6) is 5.75 Å². The summed E-state index contributed by atoms with van der Waals surface area (Å²) in [7, 11) is 0. The maximum atomic E-state index is 14.3. The van der Waals surface area contributed by atoms with Gasteiger partial charge in [-0.15, -0.1) is 0 Å². The van der Waals surface area contributed by atoms with Crippen molar-refractivity contribution < 1.29 is 22.8 Å². The van der Waals surface area contributed by atoms with Crippen molar-refractivity contribution in [3.05, 3.63) is 85.7 Å². The normalized spacial score (nSPS) is 20.1. The first kappa shape index (κ1) is 29.4. The number of fused-ring (bicyclic) bond motifs is 2. The third-order valence-electron chi connectivity index (χ3n) is 7.83. The highest BCUT2D eigenvalue weighted by molar-refractivity contribution is 6.42. The Morgan fingerprint density at radius 3 is 2.76 bits per heavy atom. The Labute approximate surface area is 257 Å². The smallest absolute Gasteiger partial charge is 0.252 e. The van der Waals surface area contributed by atoms with Crippen molar-refractivity contribution in [1.82, 2.24) is 20.7 Å². The molecule has 2 aliphatic heterocycles. The van der Waals surface area contributed by atoms with Gasteiger partial charge in [-0.3, -0.25) is 4.79 Å². The number of carbonyl (C=O) groups is 1. The number of piperazine rings is 1. The van der Waals surface area contributed by atoms with Crippen molar-refractivity contribution in [2.24, 2.45) is 0 Å². The van der Waals surface area contributed by atoms with E-state index in [4.69, 9.17) is 44.1 Å². The summed E-state index contributed by atoms with van der Waals surface area (Å²) in [6.07, 6.45) is 3.37. The number of nitrogens with one attached hydrogen (secondary N) is 2. The summed E-state index contributed by atoms with van der Waals surface area (Å²) in [5, 5.41) is 12.0. The van der Waals surface area contributed by atoms with E-state index in [1.807, 2.05) is 23.1 Å². The Bertz CT molecular complexity index is 1530. The van der Waals surface area contributed by atoms with Crippen molar-refractivity contribution >= 4 is 46.3 Å². The van der Waals surface area contributed by atoms with Crippen molar-refractivity contribution in [2.75, 3.05) is 19.7 Å². The van der Waals surface area contributed by atoms with Crippen LogP contribution >= 0.6 is 34.8 Å². The number of benzene rings is 2. The minimum atomic E-state index is -0.923. The second-order valence-corrected chi connectivity index (χ2v) is 12.0. The van der Waals surface area contributed by atoms with E-state index in [9.17, 15) is 13.6 Å². The highest BCUT2D eigenvalue weighted by Gasteiger charge is 2.42. The van der Waals surface area contributed by atoms with Crippen molar-refractivity contribution in [3.8, 4) is 5.75 Å². The van der Waals surface area contributed by atoms with E-state index in [2.05, 4.69) is 15.8 Å². The van der Waals surface area contributed by atoms with Gasteiger partial charge in [0, 0.05) is 48.9 Å². The highest BCUT2D eigenvalue weighted by atomic mass is 35.5. The van der Waals surface area contributed by atoms with Crippen LogP contribution in [0.2, 0.25) is 15.1 Å². The Balaban J connectivity index is 1.21. The lowest BCUT2D eigenvalue weighted by Crippen LogP contribution is -2.59. The van der Waals surface area contributed by atoms with E-state index in [1.54, 1.807) is 6.07 Å². The summed E-state index contributed by atoms with van der Waals surface area (Å²) in [6.45, 7) is 1.82. The van der Waals surface area contributed by atoms with Gasteiger partial charge in [0.25, 0.3) is 5.91 Å². The van der Waals surface area contributed by atoms with Gasteiger partial charge in [0.05, 0.1) is 33.4 Å². The van der Waals surface area contributed by atoms with Crippen LogP contribution in [0, 0.1) is 11.6 Å². The van der Waals surface area contributed by atoms with Gasteiger partial charge in [-0.2, -0.15) is 0 Å². The number of amides is 1. The number of aromatic nitrogens is 1. The Hall–Kier alpha value is -2.69. The standard InChI is InChI=1S/C30H29Cl3F2N4O3/c31-21-5-1-3-16(27(21)33)15-39(19-6-7-19)30(40)26-20(11-18-13-36-14-24(26)37-18)25-12-17(38-42-25)4-2-10-41-29-23(34)9-8-22(32)28(29)35/h1,3,5,8-9,12,18-19,24,36-37H,2,4,6-7,10-11,13-15H2. The number of rotatable bonds is 10. The zero-order chi connectivity index (χ0) is 29.4. The maximum Gasteiger partial charge on any atom is 0.252 e. The molecular formula is C30H29Cl3F2N4O3. The topological polar surface area (TPSA) is 79.6 Å². The van der Waals surface area contributed by atoms with Crippen LogP contribution in [-0.4, -0.2) is 53.8 Å². The van der Waals surface area contributed by atoms with Gasteiger partial charge in [0.15, 0.2) is 23.1 Å². The molecule has 3 aromatic rings. The van der Waals surface area contributed by atoms with Gasteiger partial charge in [0.2, 0.25) is 0 Å². The van der Waals surface area contributed by atoms with Gasteiger partial charge in [0.1, 0.15) is 0 Å². The number of ether oxygens (including phenoxy) is 1. The molecule has 2 atom stereocenters. The molecule has 2 fully saturated rings. The highest BCUT2D eigenvalue weighted by Crippen LogP contribution is 2.38. The van der Waals surface area contributed by atoms with Crippen LogP contribution in [0.1, 0.15) is 42.7 Å². The zero-order valence-electron chi connectivity index (χ0n) is 22.6. The molecule has 3 heterocycles. The molecule has 1 saturated heterocycles. The quantitative estimate of drug-likeness (QED) is 0.204. The monoisotopic (exact) mass is 636 g/mol. The fourth-order valence-corrected chi connectivity index (χ4v) is 6.13. The molecule has 1 aromatic heterocycles. The molecule has 2 bridgehead atoms. The molecule has 222 valence electrons. The molecule has 42 heavy (non-hydrogen) atoms. The lowest BCUT2D eigenvalue weighted by Gasteiger charge is -2.40. The number of hydrogen-bond acceptors (Lipinski definition) is 6. The van der Waals surface area contributed by atoms with E-state index in [-0.39, 0.29) is 35.7 Å². The first-order chi connectivity index (χ1) is 20.3. The molecule has 0 spiro atoms. The zero-order valence-corrected chi connectivity index (χ0v) is 24.8. The number of halogens is 5. The molecule has 2 aromatic carbocycles. The summed E-state index contributed by atoms with van der Waals surface area (Å²) >= 11 is 18.5. The van der Waals surface area contributed by atoms with Gasteiger partial charge in [-0.05, 0) is 55.9 Å². The maximum absolute atomic E-state index is 14.3. The van der Waals surface area contributed by atoms with E-state index in [1.165, 1.54) is 0 Å². The first-order valence-electron chi connectivity index (χ1n) is 14.0. The summed E-state index contributed by atoms with van der Waals surface area (Å²) < 4.78 is 39.2. The molecule has 0 radical (unpaired) electrons. The number of carbonyl (C=O) groups excluding carboxylic acids is 1. The van der Waals surface area contributed by atoms with Crippen LogP contribution in [0.4, 0.5) is 8.78 Å². The lowest BCUT2D eigenvalue weighted by atomic mass is 9.85. The fourth-order valence-electron chi connectivity index (χ4n) is 5.60. The third kappa shape index (κ3) is 6.17. The fraction of sp³-hybridized carbons (Fsp3) is 0.400. The summed E-state index contributed by atoms with van der Waals surface area (Å²) in [5.74, 6) is -1.73. The molecule has 7 nitrogen and oxygen atoms in total. The van der Waals surface area contributed by atoms with E-state index in [0.29, 0.717) is 59.4 Å². The molecular weight excluding hydrogens is 609 g/mol. The molecule has 6 rings (SSSR count). The molecule has 1 aliphatic carbocycles. The lowest BCUT2D eigenvalue weighted by molar-refractivity contribution is -0.128. The van der Waals surface area contributed by atoms with Crippen molar-refractivity contribution in [1.29, 1.82) is 0 Å². The van der Waals surface area contributed by atoms with Gasteiger partial charge in [-0.25, -0.2) is 8.78 Å². The average Bonchev–Trinajstić information content (AvgIpc) is 3.71. The Morgan fingerprint density at radius 2 is 1.95 bits per heavy atom. The molecule has 12 heteroatoms. The van der Waals surface area contributed by atoms with Gasteiger partial charge >= 0.3 is 0 Å². The third-order valence-corrected chi connectivity index (χ3v) is 8.98. The minimum Gasteiger partial charge on any atom is -0.488 e. The Morgan fingerprint density at radius 1 is 1.12 bits per heavy atom. The van der Waals surface area contributed by atoms with Crippen LogP contribution in [-0.2, 0) is 17.8 Å². The molecule has 2 unspecified atom stereocenters. The van der Waals surface area contributed by atoms with Crippen molar-refractivity contribution in [2.45, 2.75) is 56.8 Å². The number of aryl methyl sites for hydroxylation is 1. The predicted molar refractivity (Wildman–Crippen MR) is 157 cm³/mol. The van der Waals surface area contributed by atoms with Crippen LogP contribution in [0.3, 0.4) is 0 Å². The SMILES string of the molecule is O=C(C1=C(c2cc(CCCOc3c(F)ccc(Cl)c3F)no2)CC2CNCC1N2)N(Cc1cccc(Cl)c1Cl)C1CC1. The number of hydrogen-bond donors (Lipinski definition) is 2. The first-order valence-corrected chi connectivity index (χ1v) is 15.1. The molecule has 1 saturated carbocycles. The summed E-state index contributed by atoms with van der Waals surface area (Å²) in [5.41, 5.74) is 2.97. The van der Waals surface area contributed by atoms with E-state index >= 15 is 0 Å². The average molecular weight is 638 g/mol. The van der Waals surface area contributed by atoms with Gasteiger partial charge < -0.3 is 24.8 Å². The van der Waals surface area contributed by atoms with Crippen molar-refractivity contribution in [3.63, 3.8) is 0 Å². The minimum absolute atomic E-state index is 0.0554. The van der Waals surface area contributed by atoms with E-state index < -0.39 is 17.4 Å². The Kier molecular flexibility index (Phi) is 8.75. The van der Waals surface area contributed by atoms with Crippen LogP contribution in [0.25, 0.3) is 5.57 Å². The van der Waals surface area contributed by atoms with E-state index in [0.717, 1.165) is 42.7 Å². The number of nitrogens with zero attached hydrogens (tertiary/aromatic N) is 2. The molecule has 1 amide bonds. The van der Waals surface area contributed by atoms with Gasteiger partial charge in [-0.1, -0.05) is 52.1 Å². The summed E-state index contributed by atoms with van der Waals surface area (Å²) in [4.78, 5) is 16.2. The van der Waals surface area contributed by atoms with Crippen LogP contribution < -0.4 is 15.4 Å². The molecule has 3 aliphatic rings. The molecule has 2 N–H and O–H groups in total. The van der Waals surface area contributed by atoms with Crippen LogP contribution in [0.15, 0.2) is 46.5 Å².